The fraction of sp³-hybridized carbons (Fsp3) is 0.308. The molecule has 1 fully saturated rings. The minimum Gasteiger partial charge on any atom is -0.396 e. The summed E-state index contributed by atoms with van der Waals surface area (Å²) < 4.78 is 70.0. The van der Waals surface area contributed by atoms with E-state index < -0.39 is 47.4 Å². The van der Waals surface area contributed by atoms with Crippen LogP contribution in [0.4, 0.5) is 13.2 Å². The Kier molecular flexibility index (Phi) is 11.9. The predicted molar refractivity (Wildman–Crippen MR) is 180 cm³/mol. The highest BCUT2D eigenvalue weighted by Gasteiger charge is 2.57. The SMILES string of the molecule is N#C[C@@]1(CCCO)O[C@H](COCc2ccccc2)[C@H](OCc2ccccc2)[C@H](n2cc(-c3cc(F)c(F)c(F)c3)nn2)[C@H]1OCc1ccccc1. The number of hydrogen-bond acceptors (Lipinski definition) is 8. The average Bonchev–Trinajstić information content (AvgIpc) is 3.66. The van der Waals surface area contributed by atoms with Crippen LogP contribution in [0.3, 0.4) is 0 Å². The zero-order valence-electron chi connectivity index (χ0n) is 27.7. The lowest BCUT2D eigenvalue weighted by Crippen LogP contribution is -2.63. The molecule has 0 saturated carbocycles. The third-order valence-electron chi connectivity index (χ3n) is 8.78. The van der Waals surface area contributed by atoms with Crippen LogP contribution in [-0.2, 0) is 38.8 Å². The topological polar surface area (TPSA) is 112 Å². The zero-order chi connectivity index (χ0) is 35.6. The predicted octanol–water partition coefficient (Wildman–Crippen LogP) is 6.72. The molecule has 0 unspecified atom stereocenters. The maximum atomic E-state index is 14.3. The first kappa shape index (κ1) is 35.9. The number of benzene rings is 4. The van der Waals surface area contributed by atoms with Gasteiger partial charge in [0.15, 0.2) is 23.1 Å². The van der Waals surface area contributed by atoms with E-state index in [1.165, 1.54) is 10.9 Å². The lowest BCUT2D eigenvalue weighted by atomic mass is 9.80. The van der Waals surface area contributed by atoms with Gasteiger partial charge in [-0.05, 0) is 41.7 Å². The maximum absolute atomic E-state index is 14.3. The third kappa shape index (κ3) is 8.53. The summed E-state index contributed by atoms with van der Waals surface area (Å²) in [4.78, 5) is 0. The highest BCUT2D eigenvalue weighted by molar-refractivity contribution is 5.58. The van der Waals surface area contributed by atoms with Crippen molar-refractivity contribution in [1.82, 2.24) is 15.0 Å². The van der Waals surface area contributed by atoms with Crippen LogP contribution in [0, 0.1) is 28.8 Å². The smallest absolute Gasteiger partial charge is 0.194 e. The van der Waals surface area contributed by atoms with Crippen LogP contribution in [0.1, 0.15) is 35.6 Å². The van der Waals surface area contributed by atoms with E-state index in [2.05, 4.69) is 16.4 Å². The quantitative estimate of drug-likeness (QED) is 0.120. The summed E-state index contributed by atoms with van der Waals surface area (Å²) >= 11 is 0. The zero-order valence-corrected chi connectivity index (χ0v) is 27.7. The normalized spacial score (nSPS) is 21.7. The van der Waals surface area contributed by atoms with Gasteiger partial charge in [0.05, 0.1) is 32.6 Å². The van der Waals surface area contributed by atoms with Gasteiger partial charge in [0.2, 0.25) is 0 Å². The Labute approximate surface area is 293 Å². The van der Waals surface area contributed by atoms with Gasteiger partial charge in [-0.15, -0.1) is 5.10 Å². The molecule has 5 aromatic rings. The largest absolute Gasteiger partial charge is 0.396 e. The van der Waals surface area contributed by atoms with Crippen molar-refractivity contribution in [3.63, 3.8) is 0 Å². The van der Waals surface area contributed by atoms with Crippen LogP contribution in [0.5, 0.6) is 0 Å². The summed E-state index contributed by atoms with van der Waals surface area (Å²) in [6.45, 7) is 0.300. The van der Waals surface area contributed by atoms with Crippen LogP contribution in [0.25, 0.3) is 11.3 Å². The molecule has 6 rings (SSSR count). The molecule has 264 valence electrons. The van der Waals surface area contributed by atoms with Crippen LogP contribution in [0.15, 0.2) is 109 Å². The van der Waals surface area contributed by atoms with E-state index in [1.54, 1.807) is 0 Å². The Hall–Kier alpha value is -4.90. The number of rotatable bonds is 15. The molecule has 0 spiro atoms. The molecule has 1 N–H and O–H groups in total. The molecule has 0 bridgehead atoms. The first-order valence-electron chi connectivity index (χ1n) is 16.6. The van der Waals surface area contributed by atoms with E-state index in [0.29, 0.717) is 0 Å². The Morgan fingerprint density at radius 1 is 0.824 bits per heavy atom. The first-order chi connectivity index (χ1) is 24.9. The van der Waals surface area contributed by atoms with Gasteiger partial charge in [-0.1, -0.05) is 96.2 Å². The van der Waals surface area contributed by atoms with Crippen LogP contribution >= 0.6 is 0 Å². The Balaban J connectivity index is 1.44. The van der Waals surface area contributed by atoms with Gasteiger partial charge >= 0.3 is 0 Å². The van der Waals surface area contributed by atoms with E-state index in [1.807, 2.05) is 91.0 Å². The number of ether oxygens (including phenoxy) is 4. The lowest BCUT2D eigenvalue weighted by molar-refractivity contribution is -0.266. The summed E-state index contributed by atoms with van der Waals surface area (Å²) in [6.07, 6.45) is -1.02. The fourth-order valence-electron chi connectivity index (χ4n) is 6.27. The molecule has 12 heteroatoms. The van der Waals surface area contributed by atoms with Crippen molar-refractivity contribution in [2.45, 2.75) is 62.6 Å². The lowest BCUT2D eigenvalue weighted by Gasteiger charge is -2.50. The van der Waals surface area contributed by atoms with Crippen molar-refractivity contribution in [3.8, 4) is 17.3 Å². The number of halogens is 3. The second-order valence-electron chi connectivity index (χ2n) is 12.3. The Bertz CT molecular complexity index is 1870. The molecule has 51 heavy (non-hydrogen) atoms. The number of aliphatic hydroxyl groups excluding tert-OH is 1. The van der Waals surface area contributed by atoms with E-state index in [-0.39, 0.29) is 57.1 Å². The minimum atomic E-state index is -1.63. The molecule has 0 amide bonds. The molecule has 9 nitrogen and oxygen atoms in total. The van der Waals surface area contributed by atoms with Crippen molar-refractivity contribution in [2.24, 2.45) is 0 Å². The molecule has 1 aromatic heterocycles. The molecule has 0 radical (unpaired) electrons. The van der Waals surface area contributed by atoms with Crippen molar-refractivity contribution in [1.29, 1.82) is 5.26 Å². The number of hydrogen-bond donors (Lipinski definition) is 1. The summed E-state index contributed by atoms with van der Waals surface area (Å²) in [5.74, 6) is -4.34. The Morgan fingerprint density at radius 2 is 1.39 bits per heavy atom. The molecule has 1 saturated heterocycles. The molecule has 1 aliphatic heterocycles. The first-order valence-corrected chi connectivity index (χ1v) is 16.6. The molecule has 2 heterocycles. The molecular formula is C39H37F3N4O5. The number of aromatic nitrogens is 3. The highest BCUT2D eigenvalue weighted by atomic mass is 19.2. The standard InChI is InChI=1S/C39H37F3N4O5/c40-31-19-30(20-32(41)35(31)42)33-21-46(45-44-33)36-37(49-23-28-13-6-2-7-14-28)34(25-48-22-27-11-4-1-5-12-27)51-39(26-43,17-10-18-47)38(36)50-24-29-15-8-3-9-16-29/h1-9,11-16,19-21,34,36-38,47H,10,17-18,22-25H2/t34-,36+,37+,38-,39-/m1/s1. The average molecular weight is 699 g/mol. The van der Waals surface area contributed by atoms with Gasteiger partial charge in [-0.2, -0.15) is 5.26 Å². The molecule has 5 atom stereocenters. The highest BCUT2D eigenvalue weighted by Crippen LogP contribution is 2.43. The molecule has 4 aromatic carbocycles. The third-order valence-corrected chi connectivity index (χ3v) is 8.78. The minimum absolute atomic E-state index is 0.00868. The fourth-order valence-corrected chi connectivity index (χ4v) is 6.27. The van der Waals surface area contributed by atoms with Crippen LogP contribution in [-0.4, -0.2) is 57.2 Å². The second-order valence-corrected chi connectivity index (χ2v) is 12.3. The number of nitriles is 1. The van der Waals surface area contributed by atoms with Gasteiger partial charge in [0, 0.05) is 12.2 Å². The van der Waals surface area contributed by atoms with Gasteiger partial charge in [-0.3, -0.25) is 0 Å². The van der Waals surface area contributed by atoms with Crippen LogP contribution in [0.2, 0.25) is 0 Å². The van der Waals surface area contributed by atoms with E-state index in [9.17, 15) is 23.5 Å². The number of aliphatic hydroxyl groups is 1. The van der Waals surface area contributed by atoms with E-state index >= 15 is 0 Å². The number of nitrogens with zero attached hydrogens (tertiary/aromatic N) is 4. The van der Waals surface area contributed by atoms with Crippen molar-refractivity contribution < 1.29 is 37.2 Å². The maximum Gasteiger partial charge on any atom is 0.194 e. The monoisotopic (exact) mass is 698 g/mol. The molecule has 1 aliphatic rings. The van der Waals surface area contributed by atoms with Gasteiger partial charge in [0.1, 0.15) is 36.1 Å². The summed E-state index contributed by atoms with van der Waals surface area (Å²) in [5.41, 5.74) is 1.02. The van der Waals surface area contributed by atoms with E-state index in [4.69, 9.17) is 18.9 Å². The second kappa shape index (κ2) is 16.9. The Morgan fingerprint density at radius 3 is 1.96 bits per heavy atom. The van der Waals surface area contributed by atoms with Crippen molar-refractivity contribution >= 4 is 0 Å². The summed E-state index contributed by atoms with van der Waals surface area (Å²) in [7, 11) is 0. The van der Waals surface area contributed by atoms with Crippen molar-refractivity contribution in [3.05, 3.63) is 143 Å². The van der Waals surface area contributed by atoms with Gasteiger partial charge < -0.3 is 24.1 Å². The van der Waals surface area contributed by atoms with Crippen molar-refractivity contribution in [2.75, 3.05) is 13.2 Å². The summed E-state index contributed by atoms with van der Waals surface area (Å²) in [6, 6.07) is 31.6. The van der Waals surface area contributed by atoms with E-state index in [0.717, 1.165) is 28.8 Å². The molecular weight excluding hydrogens is 661 g/mol. The van der Waals surface area contributed by atoms with Crippen LogP contribution < -0.4 is 0 Å². The summed E-state index contributed by atoms with van der Waals surface area (Å²) in [5, 5.41) is 29.4. The van der Waals surface area contributed by atoms with Gasteiger partial charge in [-0.25, -0.2) is 17.9 Å². The van der Waals surface area contributed by atoms with Gasteiger partial charge in [0.25, 0.3) is 0 Å². The molecule has 0 aliphatic carbocycles.